The van der Waals surface area contributed by atoms with E-state index >= 15 is 0 Å². The van der Waals surface area contributed by atoms with Gasteiger partial charge in [-0.3, -0.25) is 0 Å². The van der Waals surface area contributed by atoms with E-state index in [0.29, 0.717) is 18.0 Å². The highest BCUT2D eigenvalue weighted by Gasteiger charge is 2.10. The van der Waals surface area contributed by atoms with Crippen LogP contribution in [0, 0.1) is 17.2 Å². The summed E-state index contributed by atoms with van der Waals surface area (Å²) < 4.78 is 0. The summed E-state index contributed by atoms with van der Waals surface area (Å²) in [4.78, 5) is 0. The third-order valence-electron chi connectivity index (χ3n) is 2.90. The zero-order valence-corrected chi connectivity index (χ0v) is 11.2. The van der Waals surface area contributed by atoms with Gasteiger partial charge in [-0.2, -0.15) is 5.26 Å². The summed E-state index contributed by atoms with van der Waals surface area (Å²) in [6.45, 7) is 8.87. The van der Waals surface area contributed by atoms with Gasteiger partial charge in [-0.05, 0) is 43.9 Å². The standard InChI is InChI=1S/C15H22N2/c1-11(2)9-12(3)17-13(4)15-7-5-14(10-16)6-8-15/h5-8,11-13,17H,9H2,1-4H3. The van der Waals surface area contributed by atoms with Crippen LogP contribution in [-0.2, 0) is 0 Å². The summed E-state index contributed by atoms with van der Waals surface area (Å²) in [6, 6.07) is 10.8. The Balaban J connectivity index is 2.57. The molecule has 92 valence electrons. The Kier molecular flexibility index (Phi) is 5.18. The van der Waals surface area contributed by atoms with E-state index in [-0.39, 0.29) is 0 Å². The molecule has 2 nitrogen and oxygen atoms in total. The Hall–Kier alpha value is -1.33. The zero-order chi connectivity index (χ0) is 12.8. The Bertz CT molecular complexity index is 373. The van der Waals surface area contributed by atoms with Crippen LogP contribution in [0.4, 0.5) is 0 Å². The fourth-order valence-electron chi connectivity index (χ4n) is 2.14. The minimum absolute atomic E-state index is 0.330. The van der Waals surface area contributed by atoms with E-state index in [1.54, 1.807) is 0 Å². The summed E-state index contributed by atoms with van der Waals surface area (Å²) in [5.41, 5.74) is 1.95. The summed E-state index contributed by atoms with van der Waals surface area (Å²) >= 11 is 0. The minimum atomic E-state index is 0.330. The quantitative estimate of drug-likeness (QED) is 0.838. The topological polar surface area (TPSA) is 35.8 Å². The van der Waals surface area contributed by atoms with Crippen LogP contribution in [0.3, 0.4) is 0 Å². The van der Waals surface area contributed by atoms with Gasteiger partial charge in [0.25, 0.3) is 0 Å². The number of rotatable bonds is 5. The second kappa shape index (κ2) is 6.42. The maximum atomic E-state index is 8.75. The van der Waals surface area contributed by atoms with Crippen molar-refractivity contribution in [3.05, 3.63) is 35.4 Å². The molecule has 0 saturated heterocycles. The average Bonchev–Trinajstić information content (AvgIpc) is 2.28. The first-order chi connectivity index (χ1) is 8.02. The van der Waals surface area contributed by atoms with Gasteiger partial charge in [0.2, 0.25) is 0 Å². The van der Waals surface area contributed by atoms with Crippen LogP contribution >= 0.6 is 0 Å². The molecule has 0 aromatic heterocycles. The third kappa shape index (κ3) is 4.58. The molecule has 1 aromatic carbocycles. The lowest BCUT2D eigenvalue weighted by Crippen LogP contribution is -2.30. The first-order valence-corrected chi connectivity index (χ1v) is 6.29. The Morgan fingerprint density at radius 1 is 1.12 bits per heavy atom. The van der Waals surface area contributed by atoms with Crippen molar-refractivity contribution in [1.82, 2.24) is 5.32 Å². The van der Waals surface area contributed by atoms with Crippen LogP contribution in [0.2, 0.25) is 0 Å². The number of nitrogens with one attached hydrogen (secondary N) is 1. The predicted octanol–water partition coefficient (Wildman–Crippen LogP) is 3.64. The van der Waals surface area contributed by atoms with Crippen molar-refractivity contribution in [1.29, 1.82) is 5.26 Å². The van der Waals surface area contributed by atoms with E-state index in [1.807, 2.05) is 24.3 Å². The van der Waals surface area contributed by atoms with Crippen molar-refractivity contribution in [2.75, 3.05) is 0 Å². The molecule has 0 fully saturated rings. The van der Waals surface area contributed by atoms with E-state index in [1.165, 1.54) is 12.0 Å². The van der Waals surface area contributed by atoms with E-state index in [0.717, 1.165) is 5.56 Å². The highest BCUT2D eigenvalue weighted by atomic mass is 14.9. The number of nitriles is 1. The molecule has 0 aliphatic rings. The second-order valence-corrected chi connectivity index (χ2v) is 5.15. The van der Waals surface area contributed by atoms with Crippen molar-refractivity contribution >= 4 is 0 Å². The van der Waals surface area contributed by atoms with Gasteiger partial charge in [0, 0.05) is 12.1 Å². The van der Waals surface area contributed by atoms with E-state index < -0.39 is 0 Å². The lowest BCUT2D eigenvalue weighted by Gasteiger charge is -2.21. The maximum absolute atomic E-state index is 8.75. The molecule has 0 saturated carbocycles. The molecule has 17 heavy (non-hydrogen) atoms. The third-order valence-corrected chi connectivity index (χ3v) is 2.90. The summed E-state index contributed by atoms with van der Waals surface area (Å²) in [7, 11) is 0. The molecule has 0 spiro atoms. The van der Waals surface area contributed by atoms with Gasteiger partial charge in [-0.25, -0.2) is 0 Å². The molecule has 1 N–H and O–H groups in total. The first kappa shape index (κ1) is 13.7. The van der Waals surface area contributed by atoms with Crippen molar-refractivity contribution in [3.63, 3.8) is 0 Å². The summed E-state index contributed by atoms with van der Waals surface area (Å²) in [5, 5.41) is 12.3. The lowest BCUT2D eigenvalue weighted by molar-refractivity contribution is 0.407. The van der Waals surface area contributed by atoms with Crippen LogP contribution in [-0.4, -0.2) is 6.04 Å². The van der Waals surface area contributed by atoms with Gasteiger partial charge in [-0.1, -0.05) is 26.0 Å². The normalized spacial score (nSPS) is 14.4. The van der Waals surface area contributed by atoms with Crippen LogP contribution in [0.25, 0.3) is 0 Å². The largest absolute Gasteiger partial charge is 0.308 e. The lowest BCUT2D eigenvalue weighted by atomic mass is 10.0. The fraction of sp³-hybridized carbons (Fsp3) is 0.533. The maximum Gasteiger partial charge on any atom is 0.0991 e. The molecule has 2 heteroatoms. The van der Waals surface area contributed by atoms with Crippen molar-refractivity contribution in [3.8, 4) is 6.07 Å². The number of nitrogens with zero attached hydrogens (tertiary/aromatic N) is 1. The molecule has 0 aliphatic heterocycles. The van der Waals surface area contributed by atoms with Crippen molar-refractivity contribution in [2.24, 2.45) is 5.92 Å². The zero-order valence-electron chi connectivity index (χ0n) is 11.2. The highest BCUT2D eigenvalue weighted by molar-refractivity contribution is 5.32. The van der Waals surface area contributed by atoms with Gasteiger partial charge in [-0.15, -0.1) is 0 Å². The second-order valence-electron chi connectivity index (χ2n) is 5.15. The summed E-state index contributed by atoms with van der Waals surface area (Å²) in [5.74, 6) is 0.714. The van der Waals surface area contributed by atoms with Crippen LogP contribution in [0.1, 0.15) is 51.3 Å². The number of hydrogen-bond donors (Lipinski definition) is 1. The van der Waals surface area contributed by atoms with Gasteiger partial charge >= 0.3 is 0 Å². The van der Waals surface area contributed by atoms with Gasteiger partial charge < -0.3 is 5.32 Å². The first-order valence-electron chi connectivity index (χ1n) is 6.29. The molecular formula is C15H22N2. The SMILES string of the molecule is CC(C)CC(C)NC(C)c1ccc(C#N)cc1. The smallest absolute Gasteiger partial charge is 0.0991 e. The van der Waals surface area contributed by atoms with E-state index in [2.05, 4.69) is 39.1 Å². The molecule has 0 aliphatic carbocycles. The van der Waals surface area contributed by atoms with E-state index in [9.17, 15) is 0 Å². The molecule has 0 bridgehead atoms. The van der Waals surface area contributed by atoms with E-state index in [4.69, 9.17) is 5.26 Å². The van der Waals surface area contributed by atoms with Gasteiger partial charge in [0.05, 0.1) is 11.6 Å². The predicted molar refractivity (Wildman–Crippen MR) is 71.6 cm³/mol. The molecule has 1 rings (SSSR count). The van der Waals surface area contributed by atoms with Crippen molar-refractivity contribution < 1.29 is 0 Å². The molecule has 0 amide bonds. The molecule has 2 unspecified atom stereocenters. The molecule has 2 atom stereocenters. The van der Waals surface area contributed by atoms with Gasteiger partial charge in [0.1, 0.15) is 0 Å². The molecule has 0 heterocycles. The average molecular weight is 230 g/mol. The monoisotopic (exact) mass is 230 g/mol. The van der Waals surface area contributed by atoms with Crippen molar-refractivity contribution in [2.45, 2.75) is 46.2 Å². The van der Waals surface area contributed by atoms with Crippen LogP contribution < -0.4 is 5.32 Å². The Labute approximate surface area is 105 Å². The summed E-state index contributed by atoms with van der Waals surface area (Å²) in [6.07, 6.45) is 1.18. The molecular weight excluding hydrogens is 208 g/mol. The molecule has 0 radical (unpaired) electrons. The van der Waals surface area contributed by atoms with Gasteiger partial charge in [0.15, 0.2) is 0 Å². The van der Waals surface area contributed by atoms with Crippen LogP contribution in [0.15, 0.2) is 24.3 Å². The number of benzene rings is 1. The van der Waals surface area contributed by atoms with Crippen LogP contribution in [0.5, 0.6) is 0 Å². The number of hydrogen-bond acceptors (Lipinski definition) is 2. The Morgan fingerprint density at radius 2 is 1.71 bits per heavy atom. The Morgan fingerprint density at radius 3 is 2.18 bits per heavy atom. The fourth-order valence-corrected chi connectivity index (χ4v) is 2.14. The minimum Gasteiger partial charge on any atom is -0.308 e. The highest BCUT2D eigenvalue weighted by Crippen LogP contribution is 2.15. The molecule has 1 aromatic rings.